The smallest absolute Gasteiger partial charge is 0.270 e. The minimum absolute atomic E-state index is 0.00658. The maximum atomic E-state index is 12.2. The lowest BCUT2D eigenvalue weighted by atomic mass is 10.2. The Kier molecular flexibility index (Phi) is 6.06. The Hall–Kier alpha value is -1.84. The molecule has 1 aromatic rings. The molecule has 0 aliphatic carbocycles. The third-order valence-electron chi connectivity index (χ3n) is 3.00. The number of nitrogens with zero attached hydrogens (tertiary/aromatic N) is 2. The topological polar surface area (TPSA) is 44.7 Å². The van der Waals surface area contributed by atoms with Crippen LogP contribution in [0.3, 0.4) is 0 Å². The third-order valence-corrected chi connectivity index (χ3v) is 3.00. The molecule has 0 bridgehead atoms. The molecule has 0 heterocycles. The molecule has 0 aliphatic rings. The van der Waals surface area contributed by atoms with Gasteiger partial charge < -0.3 is 4.90 Å². The first kappa shape index (κ1) is 15.2. The zero-order valence-corrected chi connectivity index (χ0v) is 12.2. The second-order valence-electron chi connectivity index (χ2n) is 4.37. The number of hydrogen-bond donors (Lipinski definition) is 1. The van der Waals surface area contributed by atoms with Crippen LogP contribution in [-0.4, -0.2) is 29.6 Å². The van der Waals surface area contributed by atoms with Gasteiger partial charge in [-0.15, -0.1) is 0 Å². The normalized spacial score (nSPS) is 11.3. The van der Waals surface area contributed by atoms with Crippen molar-refractivity contribution in [3.63, 3.8) is 0 Å². The van der Waals surface area contributed by atoms with E-state index in [4.69, 9.17) is 0 Å². The molecule has 1 amide bonds. The second-order valence-corrected chi connectivity index (χ2v) is 4.37. The number of aryl methyl sites for hydroxylation is 1. The van der Waals surface area contributed by atoms with Gasteiger partial charge in [-0.1, -0.05) is 24.6 Å². The van der Waals surface area contributed by atoms with Gasteiger partial charge in [-0.2, -0.15) is 5.10 Å². The molecular weight excluding hydrogens is 238 g/mol. The first-order valence-corrected chi connectivity index (χ1v) is 6.80. The molecule has 0 aliphatic heterocycles. The summed E-state index contributed by atoms with van der Waals surface area (Å²) in [5.41, 5.74) is 5.60. The van der Waals surface area contributed by atoms with Gasteiger partial charge in [0.25, 0.3) is 5.91 Å². The Balaban J connectivity index is 2.76. The fourth-order valence-corrected chi connectivity index (χ4v) is 1.73. The van der Waals surface area contributed by atoms with Gasteiger partial charge in [-0.25, -0.2) is 0 Å². The molecular formula is C15H23N3O. The number of nitrogens with one attached hydrogen (secondary N) is 1. The Morgan fingerprint density at radius 3 is 2.21 bits per heavy atom. The van der Waals surface area contributed by atoms with Crippen molar-refractivity contribution in [2.24, 2.45) is 5.10 Å². The maximum absolute atomic E-state index is 12.2. The number of benzene rings is 1. The van der Waals surface area contributed by atoms with Gasteiger partial charge >= 0.3 is 0 Å². The Bertz CT molecular complexity index is 433. The lowest BCUT2D eigenvalue weighted by molar-refractivity contribution is -0.123. The van der Waals surface area contributed by atoms with E-state index in [9.17, 15) is 4.79 Å². The Morgan fingerprint density at radius 2 is 1.74 bits per heavy atom. The van der Waals surface area contributed by atoms with E-state index in [0.717, 1.165) is 5.69 Å². The molecule has 0 saturated heterocycles. The zero-order chi connectivity index (χ0) is 14.3. The zero-order valence-electron chi connectivity index (χ0n) is 12.2. The highest BCUT2D eigenvalue weighted by Gasteiger charge is 2.15. The van der Waals surface area contributed by atoms with Gasteiger partial charge in [-0.3, -0.25) is 10.2 Å². The predicted molar refractivity (Wildman–Crippen MR) is 80.5 cm³/mol. The van der Waals surface area contributed by atoms with Crippen molar-refractivity contribution in [3.05, 3.63) is 29.8 Å². The van der Waals surface area contributed by atoms with Crippen molar-refractivity contribution in [1.82, 2.24) is 4.90 Å². The molecule has 0 fully saturated rings. The molecule has 1 aromatic carbocycles. The number of carbonyl (C=O) groups is 1. The van der Waals surface area contributed by atoms with E-state index in [2.05, 4.69) is 10.5 Å². The summed E-state index contributed by atoms with van der Waals surface area (Å²) in [7, 11) is 0. The van der Waals surface area contributed by atoms with Crippen molar-refractivity contribution in [1.29, 1.82) is 0 Å². The number of anilines is 1. The molecule has 0 spiro atoms. The van der Waals surface area contributed by atoms with Crippen molar-refractivity contribution in [2.75, 3.05) is 18.5 Å². The van der Waals surface area contributed by atoms with E-state index in [1.165, 1.54) is 5.56 Å². The summed E-state index contributed by atoms with van der Waals surface area (Å²) in [5, 5.41) is 4.23. The average Bonchev–Trinajstić information content (AvgIpc) is 2.43. The number of hydrazone groups is 1. The fraction of sp³-hybridized carbons (Fsp3) is 0.467. The number of amides is 1. The van der Waals surface area contributed by atoms with Crippen molar-refractivity contribution in [3.8, 4) is 0 Å². The van der Waals surface area contributed by atoms with Gasteiger partial charge in [0.05, 0.1) is 5.69 Å². The first-order valence-electron chi connectivity index (χ1n) is 6.80. The molecule has 1 rings (SSSR count). The molecule has 0 unspecified atom stereocenters. The van der Waals surface area contributed by atoms with Crippen LogP contribution < -0.4 is 5.43 Å². The summed E-state index contributed by atoms with van der Waals surface area (Å²) < 4.78 is 0. The van der Waals surface area contributed by atoms with Crippen LogP contribution in [-0.2, 0) is 4.79 Å². The summed E-state index contributed by atoms with van der Waals surface area (Å²) in [6.45, 7) is 9.34. The van der Waals surface area contributed by atoms with Crippen LogP contribution in [0.15, 0.2) is 29.4 Å². The molecule has 0 atom stereocenters. The predicted octanol–water partition coefficient (Wildman–Crippen LogP) is 3.04. The summed E-state index contributed by atoms with van der Waals surface area (Å²) in [6, 6.07) is 7.92. The third kappa shape index (κ3) is 4.39. The van der Waals surface area contributed by atoms with E-state index >= 15 is 0 Å². The van der Waals surface area contributed by atoms with Gasteiger partial charge in [0.1, 0.15) is 5.71 Å². The Labute approximate surface area is 115 Å². The SMILES string of the molecule is CC/C(=N/Nc1ccc(C)cc1)C(=O)N(CC)CC. The molecule has 0 aromatic heterocycles. The maximum Gasteiger partial charge on any atom is 0.270 e. The van der Waals surface area contributed by atoms with Crippen LogP contribution in [0.4, 0.5) is 5.69 Å². The van der Waals surface area contributed by atoms with E-state index < -0.39 is 0 Å². The van der Waals surface area contributed by atoms with E-state index in [1.807, 2.05) is 52.0 Å². The number of hydrogen-bond acceptors (Lipinski definition) is 3. The molecule has 19 heavy (non-hydrogen) atoms. The lowest BCUT2D eigenvalue weighted by Gasteiger charge is -2.19. The van der Waals surface area contributed by atoms with Crippen molar-refractivity contribution in [2.45, 2.75) is 34.1 Å². The molecule has 4 heteroatoms. The van der Waals surface area contributed by atoms with Crippen molar-refractivity contribution < 1.29 is 4.79 Å². The summed E-state index contributed by atoms with van der Waals surface area (Å²) in [4.78, 5) is 13.9. The average molecular weight is 261 g/mol. The highest BCUT2D eigenvalue weighted by Crippen LogP contribution is 2.09. The van der Waals surface area contributed by atoms with Gasteiger partial charge in [0.15, 0.2) is 0 Å². The molecule has 0 radical (unpaired) electrons. The van der Waals surface area contributed by atoms with E-state index in [1.54, 1.807) is 4.90 Å². The van der Waals surface area contributed by atoms with Crippen LogP contribution in [0.5, 0.6) is 0 Å². The monoisotopic (exact) mass is 261 g/mol. The minimum atomic E-state index is 0.00658. The van der Waals surface area contributed by atoms with Crippen LogP contribution >= 0.6 is 0 Å². The molecule has 4 nitrogen and oxygen atoms in total. The molecule has 0 saturated carbocycles. The van der Waals surface area contributed by atoms with E-state index in [0.29, 0.717) is 25.2 Å². The van der Waals surface area contributed by atoms with Crippen LogP contribution in [0, 0.1) is 6.92 Å². The number of carbonyl (C=O) groups excluding carboxylic acids is 1. The van der Waals surface area contributed by atoms with Crippen LogP contribution in [0.1, 0.15) is 32.8 Å². The van der Waals surface area contributed by atoms with Crippen LogP contribution in [0.25, 0.3) is 0 Å². The molecule has 104 valence electrons. The van der Waals surface area contributed by atoms with Gasteiger partial charge in [0.2, 0.25) is 0 Å². The number of rotatable bonds is 6. The standard InChI is InChI=1S/C15H23N3O/c1-5-14(15(19)18(6-2)7-3)17-16-13-10-8-12(4)9-11-13/h8-11,16H,5-7H2,1-4H3/b17-14-. The second kappa shape index (κ2) is 7.56. The highest BCUT2D eigenvalue weighted by molar-refractivity contribution is 6.38. The van der Waals surface area contributed by atoms with Crippen LogP contribution in [0.2, 0.25) is 0 Å². The van der Waals surface area contributed by atoms with Crippen molar-refractivity contribution >= 4 is 17.3 Å². The van der Waals surface area contributed by atoms with Gasteiger partial charge in [-0.05, 0) is 39.3 Å². The summed E-state index contributed by atoms with van der Waals surface area (Å²) >= 11 is 0. The quantitative estimate of drug-likeness (QED) is 0.632. The van der Waals surface area contributed by atoms with E-state index in [-0.39, 0.29) is 5.91 Å². The molecule has 1 N–H and O–H groups in total. The van der Waals surface area contributed by atoms with Gasteiger partial charge in [0, 0.05) is 13.1 Å². The summed E-state index contributed by atoms with van der Waals surface area (Å²) in [6.07, 6.45) is 0.619. The highest BCUT2D eigenvalue weighted by atomic mass is 16.2. The largest absolute Gasteiger partial charge is 0.338 e. The fourth-order valence-electron chi connectivity index (χ4n) is 1.73. The first-order chi connectivity index (χ1) is 9.12. The Morgan fingerprint density at radius 1 is 1.16 bits per heavy atom. The minimum Gasteiger partial charge on any atom is -0.338 e. The lowest BCUT2D eigenvalue weighted by Crippen LogP contribution is -2.36. The summed E-state index contributed by atoms with van der Waals surface area (Å²) in [5.74, 6) is 0.00658.